The fourth-order valence-electron chi connectivity index (χ4n) is 1.77. The molecule has 1 aliphatic heterocycles. The first kappa shape index (κ1) is 12.4. The standard InChI is InChI=1S/C13H16N2O3/c1-2-3-7-14-13(17)9-5-4-6-10-12(9)18-8-11(16)15-10/h4-6H,2-3,7-8H2,1H3,(H,14,17)(H,15,16). The van der Waals surface area contributed by atoms with E-state index in [1.54, 1.807) is 18.2 Å². The number of hydrogen-bond acceptors (Lipinski definition) is 3. The van der Waals surface area contributed by atoms with Gasteiger partial charge in [-0.15, -0.1) is 0 Å². The van der Waals surface area contributed by atoms with E-state index in [2.05, 4.69) is 17.6 Å². The molecule has 0 saturated carbocycles. The van der Waals surface area contributed by atoms with Crippen LogP contribution in [0.3, 0.4) is 0 Å². The molecule has 0 fully saturated rings. The highest BCUT2D eigenvalue weighted by Crippen LogP contribution is 2.31. The Morgan fingerprint density at radius 3 is 3.11 bits per heavy atom. The van der Waals surface area contributed by atoms with Gasteiger partial charge < -0.3 is 15.4 Å². The number of anilines is 1. The van der Waals surface area contributed by atoms with Gasteiger partial charge in [0, 0.05) is 6.54 Å². The first-order valence-corrected chi connectivity index (χ1v) is 6.06. The van der Waals surface area contributed by atoms with Crippen molar-refractivity contribution < 1.29 is 14.3 Å². The first-order valence-electron chi connectivity index (χ1n) is 6.06. The van der Waals surface area contributed by atoms with Gasteiger partial charge >= 0.3 is 0 Å². The van der Waals surface area contributed by atoms with Gasteiger partial charge in [0.05, 0.1) is 11.3 Å². The molecule has 0 bridgehead atoms. The first-order chi connectivity index (χ1) is 8.72. The summed E-state index contributed by atoms with van der Waals surface area (Å²) in [7, 11) is 0. The molecule has 0 aliphatic carbocycles. The molecule has 0 spiro atoms. The van der Waals surface area contributed by atoms with Crippen LogP contribution in [-0.2, 0) is 4.79 Å². The highest BCUT2D eigenvalue weighted by atomic mass is 16.5. The van der Waals surface area contributed by atoms with Crippen LogP contribution in [0.5, 0.6) is 5.75 Å². The Bertz CT molecular complexity index is 471. The lowest BCUT2D eigenvalue weighted by Crippen LogP contribution is -2.29. The number of ether oxygens (including phenoxy) is 1. The molecule has 5 nitrogen and oxygen atoms in total. The SMILES string of the molecule is CCCCNC(=O)c1cccc2c1OCC(=O)N2. The summed E-state index contributed by atoms with van der Waals surface area (Å²) in [5, 5.41) is 5.51. The summed E-state index contributed by atoms with van der Waals surface area (Å²) in [5.41, 5.74) is 1.01. The lowest BCUT2D eigenvalue weighted by Gasteiger charge is -2.20. The van der Waals surface area contributed by atoms with Crippen molar-refractivity contribution in [2.24, 2.45) is 0 Å². The van der Waals surface area contributed by atoms with Crippen LogP contribution >= 0.6 is 0 Å². The molecule has 0 unspecified atom stereocenters. The molecule has 0 aromatic heterocycles. The molecule has 0 radical (unpaired) electrons. The molecular weight excluding hydrogens is 232 g/mol. The van der Waals surface area contributed by atoms with Gasteiger partial charge in [-0.05, 0) is 18.6 Å². The molecule has 18 heavy (non-hydrogen) atoms. The maximum Gasteiger partial charge on any atom is 0.262 e. The second kappa shape index (κ2) is 5.53. The van der Waals surface area contributed by atoms with Gasteiger partial charge in [0.15, 0.2) is 12.4 Å². The Kier molecular flexibility index (Phi) is 3.82. The average Bonchev–Trinajstić information content (AvgIpc) is 2.37. The number of carbonyl (C=O) groups excluding carboxylic acids is 2. The maximum absolute atomic E-state index is 12.0. The summed E-state index contributed by atoms with van der Waals surface area (Å²) in [6.45, 7) is 2.66. The normalized spacial score (nSPS) is 13.3. The molecule has 1 aliphatic rings. The Morgan fingerprint density at radius 2 is 2.33 bits per heavy atom. The number of hydrogen-bond donors (Lipinski definition) is 2. The smallest absolute Gasteiger partial charge is 0.262 e. The molecule has 1 heterocycles. The highest BCUT2D eigenvalue weighted by molar-refractivity contribution is 6.03. The van der Waals surface area contributed by atoms with Gasteiger partial charge in [-0.25, -0.2) is 0 Å². The third kappa shape index (κ3) is 2.61. The number of unbranched alkanes of at least 4 members (excludes halogenated alkanes) is 1. The van der Waals surface area contributed by atoms with E-state index in [-0.39, 0.29) is 18.4 Å². The molecular formula is C13H16N2O3. The van der Waals surface area contributed by atoms with Gasteiger partial charge in [0.1, 0.15) is 0 Å². The fraction of sp³-hybridized carbons (Fsp3) is 0.385. The molecule has 1 aromatic rings. The number of fused-ring (bicyclic) bond motifs is 1. The van der Waals surface area contributed by atoms with Crippen LogP contribution in [0.25, 0.3) is 0 Å². The van der Waals surface area contributed by atoms with Crippen LogP contribution in [0.2, 0.25) is 0 Å². The number of para-hydroxylation sites is 1. The number of carbonyl (C=O) groups is 2. The molecule has 2 rings (SSSR count). The van der Waals surface area contributed by atoms with Crippen LogP contribution in [0.15, 0.2) is 18.2 Å². The van der Waals surface area contributed by atoms with E-state index in [4.69, 9.17) is 4.74 Å². The minimum absolute atomic E-state index is 0.0494. The predicted octanol–water partition coefficient (Wildman–Crippen LogP) is 1.55. The van der Waals surface area contributed by atoms with Gasteiger partial charge in [-0.1, -0.05) is 19.4 Å². The molecule has 96 valence electrons. The highest BCUT2D eigenvalue weighted by Gasteiger charge is 2.21. The molecule has 2 N–H and O–H groups in total. The van der Waals surface area contributed by atoms with Crippen molar-refractivity contribution >= 4 is 17.5 Å². The topological polar surface area (TPSA) is 67.4 Å². The number of nitrogens with one attached hydrogen (secondary N) is 2. The van der Waals surface area contributed by atoms with Crippen LogP contribution in [-0.4, -0.2) is 25.0 Å². The summed E-state index contributed by atoms with van der Waals surface area (Å²) in [5.74, 6) is 0.0774. The summed E-state index contributed by atoms with van der Waals surface area (Å²) < 4.78 is 5.32. The quantitative estimate of drug-likeness (QED) is 0.794. The molecule has 1 aromatic carbocycles. The van der Waals surface area contributed by atoms with Gasteiger partial charge in [0.2, 0.25) is 0 Å². The Balaban J connectivity index is 2.16. The van der Waals surface area contributed by atoms with E-state index in [0.29, 0.717) is 23.5 Å². The summed E-state index contributed by atoms with van der Waals surface area (Å²) in [4.78, 5) is 23.2. The fourth-order valence-corrected chi connectivity index (χ4v) is 1.77. The molecule has 2 amide bonds. The minimum Gasteiger partial charge on any atom is -0.481 e. The van der Waals surface area contributed by atoms with E-state index in [9.17, 15) is 9.59 Å². The van der Waals surface area contributed by atoms with Crippen LogP contribution in [0.1, 0.15) is 30.1 Å². The van der Waals surface area contributed by atoms with Crippen molar-refractivity contribution in [1.29, 1.82) is 0 Å². The molecule has 0 saturated heterocycles. The summed E-state index contributed by atoms with van der Waals surface area (Å²) >= 11 is 0. The lowest BCUT2D eigenvalue weighted by atomic mass is 10.1. The lowest BCUT2D eigenvalue weighted by molar-refractivity contribution is -0.118. The van der Waals surface area contributed by atoms with Gasteiger partial charge in [-0.3, -0.25) is 9.59 Å². The number of benzene rings is 1. The van der Waals surface area contributed by atoms with Crippen molar-refractivity contribution in [3.8, 4) is 5.75 Å². The van der Waals surface area contributed by atoms with E-state index < -0.39 is 0 Å². The van der Waals surface area contributed by atoms with Crippen molar-refractivity contribution in [2.75, 3.05) is 18.5 Å². The van der Waals surface area contributed by atoms with Gasteiger partial charge in [-0.2, -0.15) is 0 Å². The van der Waals surface area contributed by atoms with E-state index in [0.717, 1.165) is 12.8 Å². The predicted molar refractivity (Wildman–Crippen MR) is 67.8 cm³/mol. The second-order valence-electron chi connectivity index (χ2n) is 4.13. The van der Waals surface area contributed by atoms with E-state index in [1.165, 1.54) is 0 Å². The zero-order valence-electron chi connectivity index (χ0n) is 10.3. The van der Waals surface area contributed by atoms with E-state index >= 15 is 0 Å². The Labute approximate surface area is 106 Å². The van der Waals surface area contributed by atoms with Crippen LogP contribution in [0, 0.1) is 0 Å². The Hall–Kier alpha value is -2.04. The Morgan fingerprint density at radius 1 is 1.50 bits per heavy atom. The maximum atomic E-state index is 12.0. The number of amides is 2. The van der Waals surface area contributed by atoms with Crippen LogP contribution < -0.4 is 15.4 Å². The zero-order chi connectivity index (χ0) is 13.0. The monoisotopic (exact) mass is 248 g/mol. The van der Waals surface area contributed by atoms with Crippen molar-refractivity contribution in [2.45, 2.75) is 19.8 Å². The van der Waals surface area contributed by atoms with Crippen molar-refractivity contribution in [3.63, 3.8) is 0 Å². The number of rotatable bonds is 4. The average molecular weight is 248 g/mol. The van der Waals surface area contributed by atoms with Gasteiger partial charge in [0.25, 0.3) is 11.8 Å². The van der Waals surface area contributed by atoms with E-state index in [1.807, 2.05) is 0 Å². The largest absolute Gasteiger partial charge is 0.481 e. The van der Waals surface area contributed by atoms with Crippen molar-refractivity contribution in [3.05, 3.63) is 23.8 Å². The molecule has 5 heteroatoms. The van der Waals surface area contributed by atoms with Crippen LogP contribution in [0.4, 0.5) is 5.69 Å². The second-order valence-corrected chi connectivity index (χ2v) is 4.13. The third-order valence-corrected chi connectivity index (χ3v) is 2.70. The summed E-state index contributed by atoms with van der Waals surface area (Å²) in [6.07, 6.45) is 1.97. The molecule has 0 atom stereocenters. The summed E-state index contributed by atoms with van der Waals surface area (Å²) in [6, 6.07) is 5.13. The minimum atomic E-state index is -0.203. The third-order valence-electron chi connectivity index (χ3n) is 2.70. The van der Waals surface area contributed by atoms with Crippen molar-refractivity contribution in [1.82, 2.24) is 5.32 Å². The zero-order valence-corrected chi connectivity index (χ0v) is 10.3.